The second-order valence-corrected chi connectivity index (χ2v) is 17.8. The van der Waals surface area contributed by atoms with E-state index < -0.39 is 5.97 Å². The van der Waals surface area contributed by atoms with E-state index in [4.69, 9.17) is 14.2 Å². The van der Waals surface area contributed by atoms with Crippen LogP contribution in [0.15, 0.2) is 0 Å². The van der Waals surface area contributed by atoms with E-state index in [1.165, 1.54) is 250 Å². The lowest BCUT2D eigenvalue weighted by atomic mass is 10.1. The van der Waals surface area contributed by atoms with Gasteiger partial charge in [-0.05, 0) is 25.7 Å². The fourth-order valence-electron chi connectivity index (χ4n) is 8.15. The van der Waals surface area contributed by atoms with Crippen molar-refractivity contribution in [2.24, 2.45) is 0 Å². The maximum atomic E-state index is 6.74. The van der Waals surface area contributed by atoms with Gasteiger partial charge in [-0.3, -0.25) is 0 Å². The molecule has 0 unspecified atom stereocenters. The van der Waals surface area contributed by atoms with Crippen LogP contribution in [-0.4, -0.2) is 25.8 Å². The highest BCUT2D eigenvalue weighted by Crippen LogP contribution is 2.27. The zero-order valence-electron chi connectivity index (χ0n) is 39.0. The Balaban J connectivity index is 4.79. The molecule has 0 heterocycles. The highest BCUT2D eigenvalue weighted by Gasteiger charge is 2.33. The first-order chi connectivity index (χ1) is 27.2. The van der Waals surface area contributed by atoms with Crippen LogP contribution in [0.3, 0.4) is 0 Å². The van der Waals surface area contributed by atoms with Crippen LogP contribution in [0.2, 0.25) is 0 Å². The minimum atomic E-state index is -0.837. The van der Waals surface area contributed by atoms with Crippen molar-refractivity contribution < 1.29 is 14.2 Å². The van der Waals surface area contributed by atoms with Crippen molar-refractivity contribution in [2.75, 3.05) is 19.8 Å². The van der Waals surface area contributed by atoms with Crippen molar-refractivity contribution in [1.82, 2.24) is 0 Å². The third-order valence-electron chi connectivity index (χ3n) is 12.0. The predicted molar refractivity (Wildman–Crippen MR) is 246 cm³/mol. The fraction of sp³-hybridized carbons (Fsp3) is 1.00. The van der Waals surface area contributed by atoms with Crippen molar-refractivity contribution in [3.05, 3.63) is 0 Å². The largest absolute Gasteiger partial charge is 0.327 e. The third kappa shape index (κ3) is 43.3. The molecule has 0 fully saturated rings. The Labute approximate surface area is 349 Å². The van der Waals surface area contributed by atoms with Crippen LogP contribution in [0.25, 0.3) is 0 Å². The molecule has 0 spiro atoms. The van der Waals surface area contributed by atoms with E-state index in [1.807, 2.05) is 0 Å². The van der Waals surface area contributed by atoms with Gasteiger partial charge in [-0.2, -0.15) is 0 Å². The van der Waals surface area contributed by atoms with Crippen molar-refractivity contribution in [3.63, 3.8) is 0 Å². The van der Waals surface area contributed by atoms with Crippen molar-refractivity contribution in [1.29, 1.82) is 0 Å². The van der Waals surface area contributed by atoms with Crippen molar-refractivity contribution in [3.8, 4) is 0 Å². The fourth-order valence-corrected chi connectivity index (χ4v) is 8.15. The minimum Gasteiger partial charge on any atom is -0.327 e. The number of hydrogen-bond donors (Lipinski definition) is 0. The summed E-state index contributed by atoms with van der Waals surface area (Å²) in [7, 11) is 0. The van der Waals surface area contributed by atoms with Gasteiger partial charge in [-0.1, -0.05) is 278 Å². The van der Waals surface area contributed by atoms with Gasteiger partial charge in [0.05, 0.1) is 19.8 Å². The SMILES string of the molecule is CCCCCCCCCCCCCCOC(CCCCCCCCC)(OCCCCCCCCCCCCCC)OCCCCCCCCCCCCCC. The van der Waals surface area contributed by atoms with Gasteiger partial charge in [0.25, 0.3) is 5.97 Å². The highest BCUT2D eigenvalue weighted by atomic mass is 16.9. The molecule has 0 saturated carbocycles. The van der Waals surface area contributed by atoms with E-state index in [-0.39, 0.29) is 0 Å². The minimum absolute atomic E-state index is 0.769. The first-order valence-corrected chi connectivity index (χ1v) is 26.2. The van der Waals surface area contributed by atoms with Gasteiger partial charge >= 0.3 is 0 Å². The second kappa shape index (κ2) is 48.3. The quantitative estimate of drug-likeness (QED) is 0.0455. The van der Waals surface area contributed by atoms with Crippen molar-refractivity contribution in [2.45, 2.75) is 316 Å². The first-order valence-electron chi connectivity index (χ1n) is 26.2. The normalized spacial score (nSPS) is 12.0. The standard InChI is InChI=1S/C52H106O3/c1-5-9-13-17-21-24-27-30-33-37-41-45-49-53-52(48-44-40-36-20-16-12-8-4,54-50-46-42-38-34-31-28-25-22-18-14-10-6-2)55-51-47-43-39-35-32-29-26-23-19-15-11-7-3/h5-51H2,1-4H3. The van der Waals surface area contributed by atoms with Gasteiger partial charge in [-0.25, -0.2) is 0 Å². The lowest BCUT2D eigenvalue weighted by Gasteiger charge is -2.34. The Kier molecular flexibility index (Phi) is 48.1. The van der Waals surface area contributed by atoms with E-state index in [0.29, 0.717) is 0 Å². The number of unbranched alkanes of at least 4 members (excludes halogenated alkanes) is 39. The van der Waals surface area contributed by atoms with Crippen LogP contribution < -0.4 is 0 Å². The Hall–Kier alpha value is -0.120. The highest BCUT2D eigenvalue weighted by molar-refractivity contribution is 4.62. The molecule has 332 valence electrons. The molecule has 0 radical (unpaired) electrons. The Morgan fingerprint density at radius 2 is 0.364 bits per heavy atom. The zero-order valence-corrected chi connectivity index (χ0v) is 39.0. The van der Waals surface area contributed by atoms with Crippen LogP contribution in [-0.2, 0) is 14.2 Å². The summed E-state index contributed by atoms with van der Waals surface area (Å²) in [5.41, 5.74) is 0. The van der Waals surface area contributed by atoms with Crippen LogP contribution in [0.1, 0.15) is 310 Å². The molecular weight excluding hydrogens is 673 g/mol. The molecule has 0 aromatic rings. The van der Waals surface area contributed by atoms with Gasteiger partial charge in [-0.15, -0.1) is 0 Å². The van der Waals surface area contributed by atoms with Crippen LogP contribution in [0.5, 0.6) is 0 Å². The summed E-state index contributed by atoms with van der Waals surface area (Å²) in [6, 6.07) is 0. The molecule has 0 aliphatic carbocycles. The lowest BCUT2D eigenvalue weighted by Crippen LogP contribution is -2.40. The average Bonchev–Trinajstić information content (AvgIpc) is 3.19. The summed E-state index contributed by atoms with van der Waals surface area (Å²) in [6.07, 6.45) is 59.3. The number of hydrogen-bond acceptors (Lipinski definition) is 3. The maximum absolute atomic E-state index is 6.74. The Bertz CT molecular complexity index is 591. The summed E-state index contributed by atoms with van der Waals surface area (Å²) in [4.78, 5) is 0. The zero-order chi connectivity index (χ0) is 39.9. The predicted octanol–water partition coefficient (Wildman–Crippen LogP) is 18.9. The van der Waals surface area contributed by atoms with Crippen molar-refractivity contribution >= 4 is 0 Å². The van der Waals surface area contributed by atoms with E-state index in [9.17, 15) is 0 Å². The molecule has 3 heteroatoms. The molecule has 0 atom stereocenters. The van der Waals surface area contributed by atoms with E-state index in [1.54, 1.807) is 0 Å². The smallest absolute Gasteiger partial charge is 0.282 e. The second-order valence-electron chi connectivity index (χ2n) is 17.8. The molecule has 0 saturated heterocycles. The molecular formula is C52H106O3. The summed E-state index contributed by atoms with van der Waals surface area (Å²) in [5.74, 6) is -0.837. The molecule has 3 nitrogen and oxygen atoms in total. The average molecular weight is 779 g/mol. The summed E-state index contributed by atoms with van der Waals surface area (Å²) in [6.45, 7) is 11.5. The maximum Gasteiger partial charge on any atom is 0.282 e. The molecule has 0 rings (SSSR count). The Morgan fingerprint density at radius 1 is 0.200 bits per heavy atom. The molecule has 0 bridgehead atoms. The first kappa shape index (κ1) is 54.9. The summed E-state index contributed by atoms with van der Waals surface area (Å²) < 4.78 is 20.2. The summed E-state index contributed by atoms with van der Waals surface area (Å²) >= 11 is 0. The monoisotopic (exact) mass is 779 g/mol. The van der Waals surface area contributed by atoms with Crippen LogP contribution >= 0.6 is 0 Å². The molecule has 0 amide bonds. The number of rotatable bonds is 50. The molecule has 0 aliphatic heterocycles. The lowest BCUT2D eigenvalue weighted by molar-refractivity contribution is -0.384. The molecule has 0 aliphatic rings. The van der Waals surface area contributed by atoms with Crippen LogP contribution in [0, 0.1) is 0 Å². The molecule has 0 N–H and O–H groups in total. The van der Waals surface area contributed by atoms with Gasteiger partial charge < -0.3 is 14.2 Å². The third-order valence-corrected chi connectivity index (χ3v) is 12.0. The van der Waals surface area contributed by atoms with E-state index in [0.717, 1.165) is 51.9 Å². The molecule has 0 aromatic heterocycles. The van der Waals surface area contributed by atoms with Gasteiger partial charge in [0.1, 0.15) is 0 Å². The van der Waals surface area contributed by atoms with Crippen LogP contribution in [0.4, 0.5) is 0 Å². The topological polar surface area (TPSA) is 27.7 Å². The molecule has 0 aromatic carbocycles. The molecule has 55 heavy (non-hydrogen) atoms. The van der Waals surface area contributed by atoms with Gasteiger partial charge in [0, 0.05) is 6.42 Å². The van der Waals surface area contributed by atoms with Gasteiger partial charge in [0.2, 0.25) is 0 Å². The summed E-state index contributed by atoms with van der Waals surface area (Å²) in [5, 5.41) is 0. The Morgan fingerprint density at radius 3 is 0.564 bits per heavy atom. The van der Waals surface area contributed by atoms with Gasteiger partial charge in [0.15, 0.2) is 0 Å². The number of ether oxygens (including phenoxy) is 3. The van der Waals surface area contributed by atoms with E-state index >= 15 is 0 Å². The van der Waals surface area contributed by atoms with E-state index in [2.05, 4.69) is 27.7 Å².